The minimum Gasteiger partial charge on any atom is -0.426 e. The van der Waals surface area contributed by atoms with Gasteiger partial charge < -0.3 is 15.4 Å². The summed E-state index contributed by atoms with van der Waals surface area (Å²) in [4.78, 5) is 34.4. The molecule has 0 aromatic heterocycles. The van der Waals surface area contributed by atoms with E-state index in [1.165, 1.54) is 19.1 Å². The molecular weight excluding hydrogens is 346 g/mol. The quantitative estimate of drug-likeness (QED) is 0.611. The Morgan fingerprint density at radius 1 is 1.04 bits per heavy atom. The van der Waals surface area contributed by atoms with Crippen molar-refractivity contribution in [1.82, 2.24) is 5.32 Å². The zero-order valence-corrected chi connectivity index (χ0v) is 13.8. The number of amides is 2. The molecule has 2 rings (SSSR count). The summed E-state index contributed by atoms with van der Waals surface area (Å²) in [7, 11) is 0. The maximum absolute atomic E-state index is 13.5. The van der Waals surface area contributed by atoms with Gasteiger partial charge in [0.05, 0.1) is 12.0 Å². The van der Waals surface area contributed by atoms with E-state index in [0.717, 1.165) is 12.1 Å². The van der Waals surface area contributed by atoms with E-state index < -0.39 is 23.5 Å². The van der Waals surface area contributed by atoms with E-state index in [9.17, 15) is 23.2 Å². The van der Waals surface area contributed by atoms with E-state index in [0.29, 0.717) is 11.8 Å². The lowest BCUT2D eigenvalue weighted by molar-refractivity contribution is -0.134. The van der Waals surface area contributed by atoms with Crippen LogP contribution >= 0.6 is 0 Å². The Bertz CT molecular complexity index is 822. The molecule has 2 aromatic carbocycles. The highest BCUT2D eigenvalue weighted by Gasteiger charge is 2.13. The standard InChI is InChI=1S/C18H16F2N2O4/c1-11(23)22-13-3-5-14(6-4-13)26-17(24)8-9-21-18(25)15-7-2-12(19)10-16(15)20/h2-7,10H,8-9H2,1H3,(H,21,25)(H,22,23). The smallest absolute Gasteiger partial charge is 0.312 e. The summed E-state index contributed by atoms with van der Waals surface area (Å²) in [6, 6.07) is 8.76. The molecule has 26 heavy (non-hydrogen) atoms. The lowest BCUT2D eigenvalue weighted by Gasteiger charge is -2.08. The second-order valence-corrected chi connectivity index (χ2v) is 5.31. The molecule has 0 heterocycles. The largest absolute Gasteiger partial charge is 0.426 e. The highest BCUT2D eigenvalue weighted by Crippen LogP contribution is 2.16. The number of anilines is 1. The molecule has 0 aliphatic rings. The number of carbonyl (C=O) groups is 3. The lowest BCUT2D eigenvalue weighted by Crippen LogP contribution is -2.27. The summed E-state index contributed by atoms with van der Waals surface area (Å²) in [5, 5.41) is 4.93. The van der Waals surface area contributed by atoms with Gasteiger partial charge in [0.2, 0.25) is 5.91 Å². The summed E-state index contributed by atoms with van der Waals surface area (Å²) in [5.74, 6) is -3.06. The van der Waals surface area contributed by atoms with E-state index in [1.54, 1.807) is 12.1 Å². The molecule has 136 valence electrons. The topological polar surface area (TPSA) is 84.5 Å². The van der Waals surface area contributed by atoms with Crippen molar-refractivity contribution in [3.05, 3.63) is 59.7 Å². The van der Waals surface area contributed by atoms with Crippen molar-refractivity contribution >= 4 is 23.5 Å². The molecule has 0 unspecified atom stereocenters. The number of nitrogens with one attached hydrogen (secondary N) is 2. The first-order valence-electron chi connectivity index (χ1n) is 7.67. The maximum atomic E-state index is 13.5. The summed E-state index contributed by atoms with van der Waals surface area (Å²) in [5.41, 5.74) is 0.249. The molecule has 6 nitrogen and oxygen atoms in total. The number of ether oxygens (including phenoxy) is 1. The molecule has 0 aliphatic carbocycles. The Balaban J connectivity index is 1.79. The van der Waals surface area contributed by atoms with Gasteiger partial charge in [0.15, 0.2) is 0 Å². The summed E-state index contributed by atoms with van der Waals surface area (Å²) >= 11 is 0. The van der Waals surface area contributed by atoms with Gasteiger partial charge in [-0.15, -0.1) is 0 Å². The van der Waals surface area contributed by atoms with Gasteiger partial charge in [0.25, 0.3) is 5.91 Å². The van der Waals surface area contributed by atoms with E-state index in [4.69, 9.17) is 4.74 Å². The second kappa shape index (κ2) is 8.70. The van der Waals surface area contributed by atoms with Gasteiger partial charge in [-0.25, -0.2) is 8.78 Å². The van der Waals surface area contributed by atoms with Crippen LogP contribution < -0.4 is 15.4 Å². The molecule has 0 spiro atoms. The van der Waals surface area contributed by atoms with Crippen molar-refractivity contribution in [2.24, 2.45) is 0 Å². The van der Waals surface area contributed by atoms with Crippen molar-refractivity contribution in [3.63, 3.8) is 0 Å². The maximum Gasteiger partial charge on any atom is 0.312 e. The van der Waals surface area contributed by atoms with Crippen LogP contribution in [0.15, 0.2) is 42.5 Å². The highest BCUT2D eigenvalue weighted by molar-refractivity contribution is 5.94. The molecule has 2 N–H and O–H groups in total. The van der Waals surface area contributed by atoms with Gasteiger partial charge in [-0.05, 0) is 36.4 Å². The lowest BCUT2D eigenvalue weighted by atomic mass is 10.2. The van der Waals surface area contributed by atoms with Gasteiger partial charge in [0, 0.05) is 25.2 Å². The third kappa shape index (κ3) is 5.66. The normalized spacial score (nSPS) is 10.1. The molecule has 2 aromatic rings. The van der Waals surface area contributed by atoms with Crippen LogP contribution in [0.4, 0.5) is 14.5 Å². The monoisotopic (exact) mass is 362 g/mol. The molecule has 0 fully saturated rings. The van der Waals surface area contributed by atoms with Crippen molar-refractivity contribution in [3.8, 4) is 5.75 Å². The molecule has 0 saturated heterocycles. The van der Waals surface area contributed by atoms with Crippen LogP contribution in [0.2, 0.25) is 0 Å². The van der Waals surface area contributed by atoms with Gasteiger partial charge in [-0.2, -0.15) is 0 Å². The molecule has 0 bridgehead atoms. The Labute approximate surface area is 148 Å². The van der Waals surface area contributed by atoms with Gasteiger partial charge >= 0.3 is 5.97 Å². The minimum atomic E-state index is -0.982. The number of esters is 1. The van der Waals surface area contributed by atoms with E-state index in [-0.39, 0.29) is 30.2 Å². The number of rotatable bonds is 6. The predicted molar refractivity (Wildman–Crippen MR) is 89.7 cm³/mol. The third-order valence-corrected chi connectivity index (χ3v) is 3.20. The number of halogens is 2. The first-order valence-corrected chi connectivity index (χ1v) is 7.67. The van der Waals surface area contributed by atoms with Crippen LogP contribution in [-0.2, 0) is 9.59 Å². The number of hydrogen-bond donors (Lipinski definition) is 2. The van der Waals surface area contributed by atoms with Gasteiger partial charge in [-0.3, -0.25) is 14.4 Å². The van der Waals surface area contributed by atoms with Crippen LogP contribution in [0, 0.1) is 11.6 Å². The summed E-state index contributed by atoms with van der Waals surface area (Å²) in [6.07, 6.45) is -0.137. The van der Waals surface area contributed by atoms with E-state index in [1.807, 2.05) is 0 Å². The van der Waals surface area contributed by atoms with Crippen LogP contribution in [0.1, 0.15) is 23.7 Å². The Morgan fingerprint density at radius 2 is 1.73 bits per heavy atom. The van der Waals surface area contributed by atoms with Crippen molar-refractivity contribution < 1.29 is 27.9 Å². The second-order valence-electron chi connectivity index (χ2n) is 5.31. The number of carbonyl (C=O) groups excluding carboxylic acids is 3. The predicted octanol–water partition coefficient (Wildman–Crippen LogP) is 2.65. The first kappa shape index (κ1) is 19.0. The average Bonchev–Trinajstić information content (AvgIpc) is 2.56. The fourth-order valence-corrected chi connectivity index (χ4v) is 2.04. The Kier molecular flexibility index (Phi) is 6.37. The molecule has 0 aliphatic heterocycles. The fourth-order valence-electron chi connectivity index (χ4n) is 2.04. The van der Waals surface area contributed by atoms with E-state index >= 15 is 0 Å². The fraction of sp³-hybridized carbons (Fsp3) is 0.167. The number of benzene rings is 2. The van der Waals surface area contributed by atoms with Gasteiger partial charge in [-0.1, -0.05) is 0 Å². The van der Waals surface area contributed by atoms with Crippen LogP contribution in [0.5, 0.6) is 5.75 Å². The molecule has 0 radical (unpaired) electrons. The zero-order chi connectivity index (χ0) is 19.1. The molecule has 0 saturated carbocycles. The zero-order valence-electron chi connectivity index (χ0n) is 13.8. The summed E-state index contributed by atoms with van der Waals surface area (Å²) in [6.45, 7) is 1.30. The van der Waals surface area contributed by atoms with Gasteiger partial charge in [0.1, 0.15) is 17.4 Å². The first-order chi connectivity index (χ1) is 12.3. The van der Waals surface area contributed by atoms with Crippen molar-refractivity contribution in [1.29, 1.82) is 0 Å². The Morgan fingerprint density at radius 3 is 2.35 bits per heavy atom. The molecule has 0 atom stereocenters. The Hall–Kier alpha value is -3.29. The highest BCUT2D eigenvalue weighted by atomic mass is 19.1. The van der Waals surface area contributed by atoms with Crippen molar-refractivity contribution in [2.75, 3.05) is 11.9 Å². The SMILES string of the molecule is CC(=O)Nc1ccc(OC(=O)CCNC(=O)c2ccc(F)cc2F)cc1. The van der Waals surface area contributed by atoms with Crippen LogP contribution in [-0.4, -0.2) is 24.3 Å². The van der Waals surface area contributed by atoms with Crippen LogP contribution in [0.25, 0.3) is 0 Å². The summed E-state index contributed by atoms with van der Waals surface area (Å²) < 4.78 is 31.4. The van der Waals surface area contributed by atoms with Crippen LogP contribution in [0.3, 0.4) is 0 Å². The molecule has 2 amide bonds. The minimum absolute atomic E-state index is 0.0710. The average molecular weight is 362 g/mol. The number of hydrogen-bond acceptors (Lipinski definition) is 4. The van der Waals surface area contributed by atoms with Crippen molar-refractivity contribution in [2.45, 2.75) is 13.3 Å². The molecular formula is C18H16F2N2O4. The molecule has 8 heteroatoms. The third-order valence-electron chi connectivity index (χ3n) is 3.20. The van der Waals surface area contributed by atoms with E-state index in [2.05, 4.69) is 10.6 Å².